The summed E-state index contributed by atoms with van der Waals surface area (Å²) in [5.41, 5.74) is 1.79. The van der Waals surface area contributed by atoms with Crippen LogP contribution >= 0.6 is 11.6 Å². The van der Waals surface area contributed by atoms with Gasteiger partial charge in [-0.25, -0.2) is 9.59 Å². The number of methoxy groups -OCH3 is 2. The molecule has 7 nitrogen and oxygen atoms in total. The van der Waals surface area contributed by atoms with E-state index >= 15 is 0 Å². The van der Waals surface area contributed by atoms with E-state index < -0.39 is 11.7 Å². The number of rotatable bonds is 4. The van der Waals surface area contributed by atoms with E-state index in [4.69, 9.17) is 21.1 Å². The molecule has 3 aromatic rings. The molecular formula is C20H22ClN3O4. The predicted octanol–water partition coefficient (Wildman–Crippen LogP) is 4.01. The molecule has 0 aliphatic rings. The molecule has 8 heteroatoms. The molecule has 0 bridgehead atoms. The molecule has 148 valence electrons. The third kappa shape index (κ3) is 4.09. The SMILES string of the molecule is CC.COC(=O)c1ccc(-n2nc(-c3c(C)cccc3Cl)[nH]c2=O)cc1OC. The number of aromatic amines is 1. The highest BCUT2D eigenvalue weighted by Gasteiger charge is 2.17. The van der Waals surface area contributed by atoms with Crippen molar-refractivity contribution in [2.75, 3.05) is 14.2 Å². The van der Waals surface area contributed by atoms with Gasteiger partial charge in [-0.15, -0.1) is 5.10 Å². The van der Waals surface area contributed by atoms with Crippen LogP contribution in [-0.2, 0) is 4.74 Å². The fourth-order valence-corrected chi connectivity index (χ4v) is 2.95. The van der Waals surface area contributed by atoms with Crippen LogP contribution in [0, 0.1) is 6.92 Å². The van der Waals surface area contributed by atoms with Crippen molar-refractivity contribution >= 4 is 17.6 Å². The summed E-state index contributed by atoms with van der Waals surface area (Å²) in [4.78, 5) is 26.9. The van der Waals surface area contributed by atoms with E-state index in [1.165, 1.54) is 31.0 Å². The molecular weight excluding hydrogens is 382 g/mol. The zero-order chi connectivity index (χ0) is 20.8. The fourth-order valence-electron chi connectivity index (χ4n) is 2.63. The third-order valence-electron chi connectivity index (χ3n) is 3.91. The number of hydrogen-bond donors (Lipinski definition) is 1. The van der Waals surface area contributed by atoms with E-state index in [0.29, 0.717) is 22.1 Å². The monoisotopic (exact) mass is 403 g/mol. The van der Waals surface area contributed by atoms with Crippen molar-refractivity contribution in [3.05, 3.63) is 63.0 Å². The average molecular weight is 404 g/mol. The number of ether oxygens (including phenoxy) is 2. The second-order valence-corrected chi connectivity index (χ2v) is 5.91. The Bertz CT molecular complexity index is 1020. The number of H-pyrrole nitrogens is 1. The van der Waals surface area contributed by atoms with Crippen molar-refractivity contribution in [2.24, 2.45) is 0 Å². The standard InChI is InChI=1S/C18H16ClN3O4.C2H6/c1-10-5-4-6-13(19)15(10)16-20-18(24)22(21-16)11-7-8-12(17(23)26-3)14(9-11)25-2;1-2/h4-9H,1-3H3,(H,20,21,24);1-2H3. The van der Waals surface area contributed by atoms with Crippen LogP contribution in [0.1, 0.15) is 29.8 Å². The van der Waals surface area contributed by atoms with Crippen LogP contribution in [0.15, 0.2) is 41.2 Å². The van der Waals surface area contributed by atoms with Crippen LogP contribution in [0.5, 0.6) is 5.75 Å². The van der Waals surface area contributed by atoms with Gasteiger partial charge in [0.15, 0.2) is 5.82 Å². The molecule has 1 aromatic heterocycles. The van der Waals surface area contributed by atoms with Gasteiger partial charge in [-0.05, 0) is 30.7 Å². The molecule has 1 heterocycles. The largest absolute Gasteiger partial charge is 0.496 e. The third-order valence-corrected chi connectivity index (χ3v) is 4.23. The minimum atomic E-state index is -0.532. The summed E-state index contributed by atoms with van der Waals surface area (Å²) in [6, 6.07) is 10.1. The second-order valence-electron chi connectivity index (χ2n) is 5.50. The van der Waals surface area contributed by atoms with E-state index in [0.717, 1.165) is 5.56 Å². The summed E-state index contributed by atoms with van der Waals surface area (Å²) in [7, 11) is 2.71. The Morgan fingerprint density at radius 1 is 1.18 bits per heavy atom. The molecule has 0 aliphatic carbocycles. The average Bonchev–Trinajstić information content (AvgIpc) is 3.09. The summed E-state index contributed by atoms with van der Waals surface area (Å²) in [5.74, 6) is 0.101. The molecule has 3 rings (SSSR count). The number of nitrogens with one attached hydrogen (secondary N) is 1. The van der Waals surface area contributed by atoms with Gasteiger partial charge < -0.3 is 9.47 Å². The van der Waals surface area contributed by atoms with Crippen LogP contribution in [-0.4, -0.2) is 35.0 Å². The van der Waals surface area contributed by atoms with Crippen LogP contribution in [0.2, 0.25) is 5.02 Å². The Morgan fingerprint density at radius 3 is 2.50 bits per heavy atom. The lowest BCUT2D eigenvalue weighted by Crippen LogP contribution is -2.16. The molecule has 1 N–H and O–H groups in total. The van der Waals surface area contributed by atoms with Crippen LogP contribution in [0.4, 0.5) is 0 Å². The first-order chi connectivity index (χ1) is 13.5. The topological polar surface area (TPSA) is 86.2 Å². The van der Waals surface area contributed by atoms with Gasteiger partial charge >= 0.3 is 11.7 Å². The first-order valence-corrected chi connectivity index (χ1v) is 9.05. The Balaban J connectivity index is 0.00000136. The van der Waals surface area contributed by atoms with Crippen LogP contribution in [0.25, 0.3) is 17.1 Å². The van der Waals surface area contributed by atoms with Gasteiger partial charge in [-0.2, -0.15) is 4.68 Å². The molecule has 0 radical (unpaired) electrons. The number of nitrogens with zero attached hydrogens (tertiary/aromatic N) is 2. The lowest BCUT2D eigenvalue weighted by Gasteiger charge is -2.08. The lowest BCUT2D eigenvalue weighted by atomic mass is 10.1. The van der Waals surface area contributed by atoms with E-state index in [-0.39, 0.29) is 11.3 Å². The van der Waals surface area contributed by atoms with Gasteiger partial charge in [-0.1, -0.05) is 37.6 Å². The predicted molar refractivity (Wildman–Crippen MR) is 109 cm³/mol. The zero-order valence-electron chi connectivity index (χ0n) is 16.4. The van der Waals surface area contributed by atoms with E-state index in [2.05, 4.69) is 10.1 Å². The summed E-state index contributed by atoms with van der Waals surface area (Å²) in [5, 5.41) is 4.82. The first-order valence-electron chi connectivity index (χ1n) is 8.67. The first kappa shape index (κ1) is 21.2. The van der Waals surface area contributed by atoms with Crippen molar-refractivity contribution in [1.82, 2.24) is 14.8 Å². The molecule has 0 fully saturated rings. The maximum absolute atomic E-state index is 12.4. The highest BCUT2D eigenvalue weighted by atomic mass is 35.5. The van der Waals surface area contributed by atoms with Crippen molar-refractivity contribution in [2.45, 2.75) is 20.8 Å². The molecule has 0 saturated carbocycles. The Morgan fingerprint density at radius 2 is 1.89 bits per heavy atom. The van der Waals surface area contributed by atoms with Crippen molar-refractivity contribution in [3.8, 4) is 22.8 Å². The summed E-state index contributed by atoms with van der Waals surface area (Å²) < 4.78 is 11.1. The fraction of sp³-hybridized carbons (Fsp3) is 0.250. The number of aryl methyl sites for hydroxylation is 1. The highest BCUT2D eigenvalue weighted by molar-refractivity contribution is 6.33. The molecule has 28 heavy (non-hydrogen) atoms. The molecule has 0 amide bonds. The number of esters is 1. The molecule has 0 aliphatic heterocycles. The van der Waals surface area contributed by atoms with Gasteiger partial charge in [-0.3, -0.25) is 4.98 Å². The number of halogens is 1. The molecule has 0 saturated heterocycles. The quantitative estimate of drug-likeness (QED) is 0.665. The number of carbonyl (C=O) groups is 1. The zero-order valence-corrected chi connectivity index (χ0v) is 17.1. The van der Waals surface area contributed by atoms with E-state index in [1.54, 1.807) is 12.1 Å². The van der Waals surface area contributed by atoms with Gasteiger partial charge in [0, 0.05) is 11.6 Å². The van der Waals surface area contributed by atoms with Crippen LogP contribution in [0.3, 0.4) is 0 Å². The highest BCUT2D eigenvalue weighted by Crippen LogP contribution is 2.28. The van der Waals surface area contributed by atoms with Crippen molar-refractivity contribution in [3.63, 3.8) is 0 Å². The van der Waals surface area contributed by atoms with Gasteiger partial charge in [0.2, 0.25) is 0 Å². The number of carbonyl (C=O) groups excluding carboxylic acids is 1. The number of benzene rings is 2. The summed E-state index contributed by atoms with van der Waals surface area (Å²) in [6.45, 7) is 5.88. The van der Waals surface area contributed by atoms with Crippen LogP contribution < -0.4 is 10.4 Å². The molecule has 0 atom stereocenters. The van der Waals surface area contributed by atoms with Gasteiger partial charge in [0.25, 0.3) is 0 Å². The van der Waals surface area contributed by atoms with E-state index in [9.17, 15) is 9.59 Å². The Labute approximate surface area is 167 Å². The normalized spacial score (nSPS) is 10.1. The maximum atomic E-state index is 12.4. The Kier molecular flexibility index (Phi) is 7.00. The van der Waals surface area contributed by atoms with Crippen molar-refractivity contribution < 1.29 is 14.3 Å². The minimum absolute atomic E-state index is 0.254. The number of aromatic nitrogens is 3. The molecule has 2 aromatic carbocycles. The summed E-state index contributed by atoms with van der Waals surface area (Å²) >= 11 is 6.25. The van der Waals surface area contributed by atoms with E-state index in [1.807, 2.05) is 32.9 Å². The lowest BCUT2D eigenvalue weighted by molar-refractivity contribution is 0.0597. The Hall–Kier alpha value is -3.06. The second kappa shape index (κ2) is 9.23. The number of hydrogen-bond acceptors (Lipinski definition) is 5. The maximum Gasteiger partial charge on any atom is 0.348 e. The summed E-state index contributed by atoms with van der Waals surface area (Å²) in [6.07, 6.45) is 0. The molecule has 0 unspecified atom stereocenters. The van der Waals surface area contributed by atoms with Gasteiger partial charge in [0.1, 0.15) is 11.3 Å². The van der Waals surface area contributed by atoms with Gasteiger partial charge in [0.05, 0.1) is 24.9 Å². The minimum Gasteiger partial charge on any atom is -0.496 e. The van der Waals surface area contributed by atoms with Crippen molar-refractivity contribution in [1.29, 1.82) is 0 Å². The smallest absolute Gasteiger partial charge is 0.348 e. The molecule has 0 spiro atoms.